The summed E-state index contributed by atoms with van der Waals surface area (Å²) < 4.78 is 12.6. The molecule has 2 aromatic rings. The lowest BCUT2D eigenvalue weighted by atomic mass is 10.0. The number of hydrogen-bond donors (Lipinski definition) is 0. The lowest BCUT2D eigenvalue weighted by molar-refractivity contribution is 0.0672. The second-order valence-electron chi connectivity index (χ2n) is 5.60. The van der Waals surface area contributed by atoms with Crippen molar-refractivity contribution in [3.8, 4) is 11.5 Å². The first-order valence-corrected chi connectivity index (χ1v) is 7.49. The molecule has 4 rings (SSSR count). The molecule has 1 saturated heterocycles. The molecule has 22 heavy (non-hydrogen) atoms. The largest absolute Gasteiger partial charge is 0.454 e. The molecule has 6 nitrogen and oxygen atoms in total. The summed E-state index contributed by atoms with van der Waals surface area (Å²) in [6, 6.07) is 7.53. The third kappa shape index (κ3) is 2.30. The van der Waals surface area contributed by atoms with Crippen LogP contribution in [0.4, 0.5) is 0 Å². The van der Waals surface area contributed by atoms with Crippen molar-refractivity contribution in [2.24, 2.45) is 0 Å². The average molecular weight is 299 g/mol. The summed E-state index contributed by atoms with van der Waals surface area (Å²) >= 11 is 0. The number of nitrogens with zero attached hydrogens (tertiary/aromatic N) is 3. The van der Waals surface area contributed by atoms with Crippen LogP contribution in [0.15, 0.2) is 36.7 Å². The van der Waals surface area contributed by atoms with Gasteiger partial charge in [-0.1, -0.05) is 0 Å². The van der Waals surface area contributed by atoms with Gasteiger partial charge in [0.15, 0.2) is 11.5 Å². The molecule has 0 spiro atoms. The van der Waals surface area contributed by atoms with Crippen molar-refractivity contribution in [1.29, 1.82) is 0 Å². The molecule has 2 aliphatic rings. The molecule has 1 atom stereocenters. The number of aromatic nitrogens is 2. The van der Waals surface area contributed by atoms with Gasteiger partial charge in [-0.25, -0.2) is 0 Å². The molecule has 1 unspecified atom stereocenters. The van der Waals surface area contributed by atoms with Gasteiger partial charge in [0.05, 0.1) is 6.04 Å². The number of rotatable bonds is 2. The molecule has 0 saturated carbocycles. The molecule has 0 bridgehead atoms. The highest BCUT2D eigenvalue weighted by Crippen LogP contribution is 2.33. The lowest BCUT2D eigenvalue weighted by Gasteiger charge is -2.33. The minimum Gasteiger partial charge on any atom is -0.454 e. The molecule has 6 heteroatoms. The van der Waals surface area contributed by atoms with E-state index in [4.69, 9.17) is 9.47 Å². The summed E-state index contributed by atoms with van der Waals surface area (Å²) in [6.45, 7) is 1.69. The monoisotopic (exact) mass is 299 g/mol. The molecular weight excluding hydrogens is 282 g/mol. The zero-order valence-corrected chi connectivity index (χ0v) is 12.1. The van der Waals surface area contributed by atoms with Crippen molar-refractivity contribution >= 4 is 5.91 Å². The summed E-state index contributed by atoms with van der Waals surface area (Å²) in [7, 11) is 0. The van der Waals surface area contributed by atoms with E-state index in [1.807, 2.05) is 21.8 Å². The summed E-state index contributed by atoms with van der Waals surface area (Å²) in [5, 5.41) is 4.30. The molecule has 0 aliphatic carbocycles. The highest BCUT2D eigenvalue weighted by Gasteiger charge is 2.26. The van der Waals surface area contributed by atoms with Crippen LogP contribution in [0.2, 0.25) is 0 Å². The van der Waals surface area contributed by atoms with Crippen LogP contribution in [0.5, 0.6) is 11.5 Å². The van der Waals surface area contributed by atoms with Gasteiger partial charge < -0.3 is 14.4 Å². The molecule has 1 amide bonds. The Labute approximate surface area is 128 Å². The van der Waals surface area contributed by atoms with Crippen LogP contribution in [0, 0.1) is 0 Å². The van der Waals surface area contributed by atoms with Gasteiger partial charge in [-0.15, -0.1) is 0 Å². The maximum Gasteiger partial charge on any atom is 0.254 e. The van der Waals surface area contributed by atoms with E-state index in [0.29, 0.717) is 23.6 Å². The number of hydrogen-bond acceptors (Lipinski definition) is 4. The van der Waals surface area contributed by atoms with E-state index in [2.05, 4.69) is 5.10 Å². The van der Waals surface area contributed by atoms with Gasteiger partial charge in [-0.05, 0) is 37.1 Å². The van der Waals surface area contributed by atoms with E-state index >= 15 is 0 Å². The van der Waals surface area contributed by atoms with Crippen LogP contribution >= 0.6 is 0 Å². The number of carbonyl (C=O) groups excluding carboxylic acids is 1. The van der Waals surface area contributed by atoms with Gasteiger partial charge in [0.25, 0.3) is 5.91 Å². The first kappa shape index (κ1) is 13.2. The Morgan fingerprint density at radius 2 is 2.18 bits per heavy atom. The van der Waals surface area contributed by atoms with E-state index in [1.54, 1.807) is 24.4 Å². The Kier molecular flexibility index (Phi) is 3.21. The van der Waals surface area contributed by atoms with Crippen LogP contribution in [0.25, 0.3) is 0 Å². The van der Waals surface area contributed by atoms with Crippen molar-refractivity contribution in [3.63, 3.8) is 0 Å². The Hall–Kier alpha value is -2.50. The van der Waals surface area contributed by atoms with Gasteiger partial charge in [0.1, 0.15) is 0 Å². The van der Waals surface area contributed by atoms with Crippen molar-refractivity contribution < 1.29 is 14.3 Å². The fourth-order valence-electron chi connectivity index (χ4n) is 3.06. The topological polar surface area (TPSA) is 56.6 Å². The first-order chi connectivity index (χ1) is 10.8. The van der Waals surface area contributed by atoms with Crippen LogP contribution in [0.3, 0.4) is 0 Å². The molecule has 1 aromatic carbocycles. The lowest BCUT2D eigenvalue weighted by Crippen LogP contribution is -2.40. The fourth-order valence-corrected chi connectivity index (χ4v) is 3.06. The Balaban J connectivity index is 1.52. The van der Waals surface area contributed by atoms with Crippen LogP contribution in [-0.2, 0) is 0 Å². The van der Waals surface area contributed by atoms with Crippen LogP contribution < -0.4 is 9.47 Å². The van der Waals surface area contributed by atoms with Crippen LogP contribution in [-0.4, -0.2) is 40.5 Å². The SMILES string of the molecule is O=C(c1ccc2c(c1)OCO2)N1CCCC(n2cccn2)C1. The third-order valence-electron chi connectivity index (χ3n) is 4.20. The second kappa shape index (κ2) is 5.36. The highest BCUT2D eigenvalue weighted by molar-refractivity contribution is 5.95. The Bertz CT molecular complexity index is 684. The Morgan fingerprint density at radius 1 is 1.27 bits per heavy atom. The summed E-state index contributed by atoms with van der Waals surface area (Å²) in [5.74, 6) is 1.38. The number of ether oxygens (including phenoxy) is 2. The van der Waals surface area contributed by atoms with E-state index in [1.165, 1.54) is 0 Å². The molecule has 114 valence electrons. The van der Waals surface area contributed by atoms with Crippen molar-refractivity contribution in [2.75, 3.05) is 19.9 Å². The first-order valence-electron chi connectivity index (χ1n) is 7.49. The van der Waals surface area contributed by atoms with Crippen molar-refractivity contribution in [2.45, 2.75) is 18.9 Å². The smallest absolute Gasteiger partial charge is 0.254 e. The standard InChI is InChI=1S/C16H17N3O3/c20-16(12-4-5-14-15(9-12)22-11-21-14)18-7-1-3-13(10-18)19-8-2-6-17-19/h2,4-6,8-9,13H,1,3,7,10-11H2. The maximum absolute atomic E-state index is 12.7. The molecule has 3 heterocycles. The Morgan fingerprint density at radius 3 is 3.05 bits per heavy atom. The van der Waals surface area contributed by atoms with E-state index in [-0.39, 0.29) is 18.7 Å². The number of amides is 1. The summed E-state index contributed by atoms with van der Waals surface area (Å²) in [5.41, 5.74) is 0.644. The number of benzene rings is 1. The van der Waals surface area contributed by atoms with Crippen LogP contribution in [0.1, 0.15) is 29.2 Å². The molecule has 1 fully saturated rings. The minimum absolute atomic E-state index is 0.0372. The predicted molar refractivity (Wildman–Crippen MR) is 79.0 cm³/mol. The average Bonchev–Trinajstić information content (AvgIpc) is 3.25. The van der Waals surface area contributed by atoms with E-state index in [9.17, 15) is 4.79 Å². The summed E-state index contributed by atoms with van der Waals surface area (Å²) in [6.07, 6.45) is 5.77. The van der Waals surface area contributed by atoms with Gasteiger partial charge in [0, 0.05) is 31.0 Å². The maximum atomic E-state index is 12.7. The van der Waals surface area contributed by atoms with Gasteiger partial charge in [-0.2, -0.15) is 5.10 Å². The van der Waals surface area contributed by atoms with E-state index < -0.39 is 0 Å². The highest BCUT2D eigenvalue weighted by atomic mass is 16.7. The van der Waals surface area contributed by atoms with Gasteiger partial charge in [-0.3, -0.25) is 9.48 Å². The number of carbonyl (C=O) groups is 1. The van der Waals surface area contributed by atoms with Crippen molar-refractivity contribution in [1.82, 2.24) is 14.7 Å². The zero-order valence-electron chi connectivity index (χ0n) is 12.1. The molecule has 1 aromatic heterocycles. The molecule has 2 aliphatic heterocycles. The zero-order chi connectivity index (χ0) is 14.9. The predicted octanol–water partition coefficient (Wildman–Crippen LogP) is 2.09. The van der Waals surface area contributed by atoms with Crippen molar-refractivity contribution in [3.05, 3.63) is 42.2 Å². The second-order valence-corrected chi connectivity index (χ2v) is 5.60. The summed E-state index contributed by atoms with van der Waals surface area (Å²) in [4.78, 5) is 14.6. The van der Waals surface area contributed by atoms with Gasteiger partial charge >= 0.3 is 0 Å². The van der Waals surface area contributed by atoms with E-state index in [0.717, 1.165) is 19.4 Å². The third-order valence-corrected chi connectivity index (χ3v) is 4.20. The van der Waals surface area contributed by atoms with Gasteiger partial charge in [0.2, 0.25) is 6.79 Å². The molecule has 0 radical (unpaired) electrons. The minimum atomic E-state index is 0.0372. The number of likely N-dealkylation sites (tertiary alicyclic amines) is 1. The fraction of sp³-hybridized carbons (Fsp3) is 0.375. The number of piperidine rings is 1. The number of fused-ring (bicyclic) bond motifs is 1. The molecular formula is C16H17N3O3. The quantitative estimate of drug-likeness (QED) is 0.852. The normalized spacial score (nSPS) is 20.2. The molecule has 0 N–H and O–H groups in total.